The predicted octanol–water partition coefficient (Wildman–Crippen LogP) is 1.01. The molecular formula is C6H9N2. The second-order valence-electron chi connectivity index (χ2n) is 1.71. The molecule has 0 aliphatic rings. The molecule has 0 atom stereocenters. The maximum absolute atomic E-state index is 4.09. The molecule has 1 aromatic heterocycles. The topological polar surface area (TPSA) is 17.8 Å². The van der Waals surface area contributed by atoms with Gasteiger partial charge in [-0.2, -0.15) is 5.10 Å². The molecule has 0 bridgehead atoms. The van der Waals surface area contributed by atoms with E-state index in [0.717, 1.165) is 12.2 Å². The summed E-state index contributed by atoms with van der Waals surface area (Å²) in [5.41, 5.74) is 0.965. The normalized spacial score (nSPS) is 9.75. The van der Waals surface area contributed by atoms with Crippen LogP contribution in [0, 0.1) is 13.0 Å². The number of nitrogens with zero attached hydrogens (tertiary/aromatic N) is 2. The van der Waals surface area contributed by atoms with Crippen molar-refractivity contribution in [3.63, 3.8) is 0 Å². The Morgan fingerprint density at radius 1 is 1.88 bits per heavy atom. The van der Waals surface area contributed by atoms with Crippen molar-refractivity contribution < 1.29 is 0 Å². The minimum absolute atomic E-state index is 0.935. The molecular weight excluding hydrogens is 100 g/mol. The van der Waals surface area contributed by atoms with Gasteiger partial charge in [0, 0.05) is 18.8 Å². The largest absolute Gasteiger partial charge is 0.272 e. The van der Waals surface area contributed by atoms with E-state index in [1.807, 2.05) is 17.8 Å². The van der Waals surface area contributed by atoms with Crippen LogP contribution < -0.4 is 0 Å². The lowest BCUT2D eigenvalue weighted by Crippen LogP contribution is -1.93. The Morgan fingerprint density at radius 3 is 2.88 bits per heavy atom. The Hall–Kier alpha value is -0.790. The van der Waals surface area contributed by atoms with E-state index < -0.39 is 0 Å². The SMILES string of the molecule is CCn1c[c]c(C)n1. The third-order valence-corrected chi connectivity index (χ3v) is 1.02. The molecule has 0 saturated heterocycles. The van der Waals surface area contributed by atoms with Crippen molar-refractivity contribution in [2.45, 2.75) is 20.4 Å². The summed E-state index contributed by atoms with van der Waals surface area (Å²) in [6, 6.07) is 2.97. The van der Waals surface area contributed by atoms with Gasteiger partial charge in [0.15, 0.2) is 0 Å². The summed E-state index contributed by atoms with van der Waals surface area (Å²) in [6.07, 6.45) is 1.86. The Kier molecular flexibility index (Phi) is 1.33. The van der Waals surface area contributed by atoms with Crippen molar-refractivity contribution in [3.8, 4) is 0 Å². The number of aromatic nitrogens is 2. The molecule has 0 spiro atoms. The molecule has 1 radical (unpaired) electrons. The van der Waals surface area contributed by atoms with Crippen LogP contribution in [0.1, 0.15) is 12.6 Å². The first-order valence-corrected chi connectivity index (χ1v) is 2.74. The number of rotatable bonds is 1. The standard InChI is InChI=1S/C6H9N2/c1-3-8-5-4-6(2)7-8/h5H,3H2,1-2H3. The van der Waals surface area contributed by atoms with Crippen LogP contribution in [-0.2, 0) is 6.54 Å². The quantitative estimate of drug-likeness (QED) is 0.526. The van der Waals surface area contributed by atoms with Crippen molar-refractivity contribution in [1.82, 2.24) is 9.78 Å². The van der Waals surface area contributed by atoms with E-state index in [2.05, 4.69) is 18.1 Å². The molecule has 43 valence electrons. The predicted molar refractivity (Wildman–Crippen MR) is 31.5 cm³/mol. The van der Waals surface area contributed by atoms with E-state index in [4.69, 9.17) is 0 Å². The number of aryl methyl sites for hydroxylation is 2. The van der Waals surface area contributed by atoms with Crippen molar-refractivity contribution >= 4 is 0 Å². The molecule has 0 N–H and O–H groups in total. The van der Waals surface area contributed by atoms with Gasteiger partial charge in [-0.05, 0) is 13.8 Å². The highest BCUT2D eigenvalue weighted by molar-refractivity contribution is 4.91. The molecule has 0 amide bonds. The fraction of sp³-hybridized carbons (Fsp3) is 0.500. The van der Waals surface area contributed by atoms with Gasteiger partial charge in [0.25, 0.3) is 0 Å². The zero-order chi connectivity index (χ0) is 5.98. The maximum Gasteiger partial charge on any atom is 0.0673 e. The summed E-state index contributed by atoms with van der Waals surface area (Å²) in [4.78, 5) is 0. The zero-order valence-corrected chi connectivity index (χ0v) is 5.18. The first-order chi connectivity index (χ1) is 3.83. The maximum atomic E-state index is 4.09. The third kappa shape index (κ3) is 0.886. The van der Waals surface area contributed by atoms with E-state index >= 15 is 0 Å². The highest BCUT2D eigenvalue weighted by atomic mass is 15.3. The van der Waals surface area contributed by atoms with Gasteiger partial charge in [-0.1, -0.05) is 0 Å². The molecule has 0 fully saturated rings. The molecule has 0 aliphatic heterocycles. The molecule has 8 heavy (non-hydrogen) atoms. The van der Waals surface area contributed by atoms with Gasteiger partial charge in [-0.15, -0.1) is 0 Å². The highest BCUT2D eigenvalue weighted by Crippen LogP contribution is 1.88. The van der Waals surface area contributed by atoms with Crippen molar-refractivity contribution in [2.75, 3.05) is 0 Å². The van der Waals surface area contributed by atoms with Crippen molar-refractivity contribution in [1.29, 1.82) is 0 Å². The second-order valence-corrected chi connectivity index (χ2v) is 1.71. The smallest absolute Gasteiger partial charge is 0.0673 e. The average Bonchev–Trinajstić information content (AvgIpc) is 2.14. The first kappa shape index (κ1) is 5.35. The molecule has 1 heterocycles. The summed E-state index contributed by atoms with van der Waals surface area (Å²) in [5, 5.41) is 4.09. The molecule has 1 rings (SSSR count). The summed E-state index contributed by atoms with van der Waals surface area (Å²) in [7, 11) is 0. The van der Waals surface area contributed by atoms with Crippen LogP contribution in [0.2, 0.25) is 0 Å². The fourth-order valence-electron chi connectivity index (χ4n) is 0.580. The van der Waals surface area contributed by atoms with Gasteiger partial charge in [0.2, 0.25) is 0 Å². The van der Waals surface area contributed by atoms with Gasteiger partial charge >= 0.3 is 0 Å². The van der Waals surface area contributed by atoms with Crippen molar-refractivity contribution in [3.05, 3.63) is 18.0 Å². The monoisotopic (exact) mass is 109 g/mol. The lowest BCUT2D eigenvalue weighted by Gasteiger charge is -1.88. The molecule has 0 unspecified atom stereocenters. The van der Waals surface area contributed by atoms with Gasteiger partial charge < -0.3 is 0 Å². The lowest BCUT2D eigenvalue weighted by atomic mass is 10.5. The minimum atomic E-state index is 0.935. The van der Waals surface area contributed by atoms with Gasteiger partial charge in [0.05, 0.1) is 5.69 Å². The zero-order valence-electron chi connectivity index (χ0n) is 5.18. The van der Waals surface area contributed by atoms with Crippen LogP contribution in [0.3, 0.4) is 0 Å². The third-order valence-electron chi connectivity index (χ3n) is 1.02. The lowest BCUT2D eigenvalue weighted by molar-refractivity contribution is 0.653. The number of hydrogen-bond donors (Lipinski definition) is 0. The Bertz CT molecular complexity index is 167. The first-order valence-electron chi connectivity index (χ1n) is 2.74. The average molecular weight is 109 g/mol. The Labute approximate surface area is 49.1 Å². The van der Waals surface area contributed by atoms with Crippen LogP contribution in [0.15, 0.2) is 6.20 Å². The Balaban J connectivity index is 2.84. The number of hydrogen-bond acceptors (Lipinski definition) is 1. The molecule has 0 aromatic carbocycles. The fourth-order valence-corrected chi connectivity index (χ4v) is 0.580. The van der Waals surface area contributed by atoms with Gasteiger partial charge in [-0.3, -0.25) is 4.68 Å². The van der Waals surface area contributed by atoms with Gasteiger partial charge in [0.1, 0.15) is 0 Å². The van der Waals surface area contributed by atoms with Crippen LogP contribution in [0.5, 0.6) is 0 Å². The molecule has 1 aromatic rings. The highest BCUT2D eigenvalue weighted by Gasteiger charge is 1.87. The summed E-state index contributed by atoms with van der Waals surface area (Å²) >= 11 is 0. The summed E-state index contributed by atoms with van der Waals surface area (Å²) < 4.78 is 1.86. The van der Waals surface area contributed by atoms with E-state index in [-0.39, 0.29) is 0 Å². The van der Waals surface area contributed by atoms with Crippen LogP contribution in [0.25, 0.3) is 0 Å². The summed E-state index contributed by atoms with van der Waals surface area (Å²) in [5.74, 6) is 0. The van der Waals surface area contributed by atoms with E-state index in [1.54, 1.807) is 0 Å². The van der Waals surface area contributed by atoms with Gasteiger partial charge in [-0.25, -0.2) is 0 Å². The minimum Gasteiger partial charge on any atom is -0.272 e. The second kappa shape index (κ2) is 1.99. The van der Waals surface area contributed by atoms with Crippen LogP contribution in [0.4, 0.5) is 0 Å². The Morgan fingerprint density at radius 2 is 2.62 bits per heavy atom. The molecule has 0 saturated carbocycles. The van der Waals surface area contributed by atoms with Crippen LogP contribution >= 0.6 is 0 Å². The van der Waals surface area contributed by atoms with Crippen LogP contribution in [-0.4, -0.2) is 9.78 Å². The van der Waals surface area contributed by atoms with Crippen molar-refractivity contribution in [2.24, 2.45) is 0 Å². The molecule has 2 heteroatoms. The summed E-state index contributed by atoms with van der Waals surface area (Å²) in [6.45, 7) is 4.93. The van der Waals surface area contributed by atoms with E-state index in [9.17, 15) is 0 Å². The van der Waals surface area contributed by atoms with E-state index in [0.29, 0.717) is 0 Å². The van der Waals surface area contributed by atoms with E-state index in [1.165, 1.54) is 0 Å². The molecule has 2 nitrogen and oxygen atoms in total. The molecule has 0 aliphatic carbocycles.